The van der Waals surface area contributed by atoms with Crippen molar-refractivity contribution in [1.82, 2.24) is 10.2 Å². The van der Waals surface area contributed by atoms with Gasteiger partial charge in [-0.25, -0.2) is 0 Å². The van der Waals surface area contributed by atoms with Gasteiger partial charge in [0.15, 0.2) is 0 Å². The Morgan fingerprint density at radius 3 is 2.09 bits per heavy atom. The maximum absolute atomic E-state index is 12.4. The van der Waals surface area contributed by atoms with E-state index < -0.39 is 0 Å². The van der Waals surface area contributed by atoms with E-state index in [4.69, 9.17) is 16.3 Å². The van der Waals surface area contributed by atoms with Crippen molar-refractivity contribution >= 4 is 17.5 Å². The van der Waals surface area contributed by atoms with Gasteiger partial charge < -0.3 is 20.3 Å². The van der Waals surface area contributed by atoms with Gasteiger partial charge in [-0.05, 0) is 120 Å². The van der Waals surface area contributed by atoms with Gasteiger partial charge in [0, 0.05) is 30.6 Å². The summed E-state index contributed by atoms with van der Waals surface area (Å²) >= 11 is 5.98. The van der Waals surface area contributed by atoms with Gasteiger partial charge in [-0.15, -0.1) is 0 Å². The standard InChI is InChI=1S/C33H43ClN2O4.C7H8/c1-22(2)36(23(3)4)17-6-7-27-20-26(10-13-31(27)37)15-18-40-29-11-8-25(9-12-29)14-16-35-33(39)28-19-24(5)32(38)30(34)21-28;1-7-5-3-2-4-6-7/h8-13,19-23,37-38H,6-7,14-18H2,1-5H3,(H,35,39);2-6H,1H3. The zero-order valence-electron chi connectivity index (χ0n) is 28.7. The first-order valence-electron chi connectivity index (χ1n) is 16.5. The Labute approximate surface area is 286 Å². The van der Waals surface area contributed by atoms with E-state index in [1.54, 1.807) is 19.1 Å². The van der Waals surface area contributed by atoms with Crippen molar-refractivity contribution in [2.45, 2.75) is 79.3 Å². The summed E-state index contributed by atoms with van der Waals surface area (Å²) in [5.41, 5.74) is 5.54. The maximum Gasteiger partial charge on any atom is 0.251 e. The van der Waals surface area contributed by atoms with E-state index in [0.29, 0.717) is 48.5 Å². The second-order valence-electron chi connectivity index (χ2n) is 12.5. The average molecular weight is 659 g/mol. The third-order valence-electron chi connectivity index (χ3n) is 8.07. The monoisotopic (exact) mass is 658 g/mol. The number of hydrogen-bond donors (Lipinski definition) is 3. The Hall–Kier alpha value is -4.00. The Balaban J connectivity index is 0.000000756. The first kappa shape index (κ1) is 37.5. The predicted molar refractivity (Wildman–Crippen MR) is 194 cm³/mol. The molecular weight excluding hydrogens is 608 g/mol. The van der Waals surface area contributed by atoms with Crippen molar-refractivity contribution in [1.29, 1.82) is 0 Å². The molecule has 0 saturated heterocycles. The highest BCUT2D eigenvalue weighted by Gasteiger charge is 2.14. The minimum absolute atomic E-state index is 0.000763. The number of benzene rings is 4. The van der Waals surface area contributed by atoms with Crippen LogP contribution >= 0.6 is 11.6 Å². The van der Waals surface area contributed by atoms with Crippen LogP contribution in [0.25, 0.3) is 0 Å². The van der Waals surface area contributed by atoms with Crippen LogP contribution in [0.3, 0.4) is 0 Å². The van der Waals surface area contributed by atoms with Crippen LogP contribution in [0.5, 0.6) is 17.2 Å². The lowest BCUT2D eigenvalue weighted by atomic mass is 10.0. The van der Waals surface area contributed by atoms with E-state index in [0.717, 1.165) is 48.2 Å². The Kier molecular flexibility index (Phi) is 15.1. The largest absolute Gasteiger partial charge is 0.508 e. The fourth-order valence-corrected chi connectivity index (χ4v) is 5.69. The van der Waals surface area contributed by atoms with E-state index in [2.05, 4.69) is 63.0 Å². The molecule has 7 heteroatoms. The third kappa shape index (κ3) is 12.6. The number of phenolic OH excluding ortho intramolecular Hbond substituents is 2. The number of carbonyl (C=O) groups excluding carboxylic acids is 1. The topological polar surface area (TPSA) is 82.0 Å². The highest BCUT2D eigenvalue weighted by molar-refractivity contribution is 6.32. The molecule has 0 spiro atoms. The lowest BCUT2D eigenvalue weighted by molar-refractivity contribution is 0.0954. The molecule has 6 nitrogen and oxygen atoms in total. The molecule has 0 atom stereocenters. The summed E-state index contributed by atoms with van der Waals surface area (Å²) in [6.07, 6.45) is 3.29. The van der Waals surface area contributed by atoms with Crippen LogP contribution in [0.15, 0.2) is 84.9 Å². The maximum atomic E-state index is 12.4. The summed E-state index contributed by atoms with van der Waals surface area (Å²) in [4.78, 5) is 14.9. The fraction of sp³-hybridized carbons (Fsp3) is 0.375. The van der Waals surface area contributed by atoms with Crippen LogP contribution in [0.4, 0.5) is 0 Å². The SMILES string of the molecule is Cc1cc(C(=O)NCCc2ccc(OCCc3ccc(O)c(CCCN(C(C)C)C(C)C)c3)cc2)cc(Cl)c1O.Cc1ccccc1. The van der Waals surface area contributed by atoms with Crippen LogP contribution < -0.4 is 10.1 Å². The molecule has 0 heterocycles. The number of carbonyl (C=O) groups is 1. The van der Waals surface area contributed by atoms with Gasteiger partial charge in [0.05, 0.1) is 11.6 Å². The molecular formula is C40H51ClN2O4. The molecule has 0 aliphatic carbocycles. The molecule has 4 aromatic rings. The van der Waals surface area contributed by atoms with E-state index in [9.17, 15) is 15.0 Å². The molecule has 0 bridgehead atoms. The average Bonchev–Trinajstić information content (AvgIpc) is 3.04. The lowest BCUT2D eigenvalue weighted by Gasteiger charge is -2.30. The van der Waals surface area contributed by atoms with Crippen molar-refractivity contribution in [3.63, 3.8) is 0 Å². The highest BCUT2D eigenvalue weighted by atomic mass is 35.5. The lowest BCUT2D eigenvalue weighted by Crippen LogP contribution is -2.37. The quantitative estimate of drug-likeness (QED) is 0.126. The molecule has 252 valence electrons. The second kappa shape index (κ2) is 19.0. The molecule has 4 aromatic carbocycles. The van der Waals surface area contributed by atoms with Crippen molar-refractivity contribution < 1.29 is 19.7 Å². The van der Waals surface area contributed by atoms with Gasteiger partial charge in [0.25, 0.3) is 5.91 Å². The number of nitrogens with one attached hydrogen (secondary N) is 1. The van der Waals surface area contributed by atoms with E-state index in [1.807, 2.05) is 48.5 Å². The molecule has 4 rings (SSSR count). The molecule has 0 aliphatic heterocycles. The number of nitrogens with zero attached hydrogens (tertiary/aromatic N) is 1. The van der Waals surface area contributed by atoms with Crippen molar-refractivity contribution in [2.24, 2.45) is 0 Å². The number of rotatable bonds is 14. The van der Waals surface area contributed by atoms with Gasteiger partial charge in [0.1, 0.15) is 17.2 Å². The predicted octanol–water partition coefficient (Wildman–Crippen LogP) is 8.70. The number of ether oxygens (including phenoxy) is 1. The van der Waals surface area contributed by atoms with E-state index in [-0.39, 0.29) is 16.7 Å². The zero-order valence-corrected chi connectivity index (χ0v) is 29.5. The number of aryl methyl sites for hydroxylation is 3. The summed E-state index contributed by atoms with van der Waals surface area (Å²) in [5.74, 6) is 0.928. The molecule has 47 heavy (non-hydrogen) atoms. The van der Waals surface area contributed by atoms with Crippen LogP contribution in [0, 0.1) is 13.8 Å². The van der Waals surface area contributed by atoms with Crippen molar-refractivity contribution in [3.05, 3.63) is 123 Å². The molecule has 0 unspecified atom stereocenters. The summed E-state index contributed by atoms with van der Waals surface area (Å²) in [6.45, 7) is 14.7. The van der Waals surface area contributed by atoms with E-state index in [1.165, 1.54) is 11.6 Å². The van der Waals surface area contributed by atoms with Gasteiger partial charge in [0.2, 0.25) is 0 Å². The van der Waals surface area contributed by atoms with Gasteiger partial charge >= 0.3 is 0 Å². The normalized spacial score (nSPS) is 11.0. The molecule has 0 radical (unpaired) electrons. The minimum Gasteiger partial charge on any atom is -0.508 e. The Morgan fingerprint density at radius 2 is 1.49 bits per heavy atom. The summed E-state index contributed by atoms with van der Waals surface area (Å²) in [7, 11) is 0. The summed E-state index contributed by atoms with van der Waals surface area (Å²) < 4.78 is 5.96. The van der Waals surface area contributed by atoms with E-state index >= 15 is 0 Å². The molecule has 0 saturated carbocycles. The smallest absolute Gasteiger partial charge is 0.251 e. The molecule has 0 fully saturated rings. The van der Waals surface area contributed by atoms with Gasteiger partial charge in [-0.2, -0.15) is 0 Å². The van der Waals surface area contributed by atoms with Gasteiger partial charge in [-0.3, -0.25) is 9.69 Å². The van der Waals surface area contributed by atoms with Gasteiger partial charge in [-0.1, -0.05) is 71.8 Å². The fourth-order valence-electron chi connectivity index (χ4n) is 5.42. The molecule has 1 amide bonds. The van der Waals surface area contributed by atoms with Crippen LogP contribution in [-0.2, 0) is 19.3 Å². The number of aromatic hydroxyl groups is 2. The Morgan fingerprint density at radius 1 is 0.830 bits per heavy atom. The molecule has 0 aromatic heterocycles. The van der Waals surface area contributed by atoms with Crippen LogP contribution in [0.1, 0.15) is 72.3 Å². The third-order valence-corrected chi connectivity index (χ3v) is 8.36. The number of amides is 1. The molecule has 3 N–H and O–H groups in total. The van der Waals surface area contributed by atoms with Crippen molar-refractivity contribution in [3.8, 4) is 17.2 Å². The summed E-state index contributed by atoms with van der Waals surface area (Å²) in [5, 5.41) is 23.2. The Bertz CT molecular complexity index is 1510. The van der Waals surface area contributed by atoms with Crippen LogP contribution in [0.2, 0.25) is 5.02 Å². The first-order chi connectivity index (χ1) is 22.4. The second-order valence-corrected chi connectivity index (χ2v) is 12.9. The minimum atomic E-state index is -0.226. The first-order valence-corrected chi connectivity index (χ1v) is 16.9. The van der Waals surface area contributed by atoms with Crippen molar-refractivity contribution in [2.75, 3.05) is 19.7 Å². The summed E-state index contributed by atoms with van der Waals surface area (Å²) in [6, 6.07) is 28.1. The zero-order chi connectivity index (χ0) is 34.3. The number of hydrogen-bond acceptors (Lipinski definition) is 5. The number of phenols is 2. The van der Waals surface area contributed by atoms with Crippen LogP contribution in [-0.4, -0.2) is 52.8 Å². The highest BCUT2D eigenvalue weighted by Crippen LogP contribution is 2.28. The number of halogens is 1. The molecule has 0 aliphatic rings.